The molecule has 1 atom stereocenters. The molecule has 0 radical (unpaired) electrons. The molecule has 14 heavy (non-hydrogen) atoms. The first-order valence-electron chi connectivity index (χ1n) is 4.52. The van der Waals surface area contributed by atoms with Gasteiger partial charge < -0.3 is 5.73 Å². The van der Waals surface area contributed by atoms with Crippen LogP contribution in [0.3, 0.4) is 0 Å². The number of rotatable bonds is 2. The average Bonchev–Trinajstić information content (AvgIpc) is 2.20. The Bertz CT molecular complexity index is 302. The maximum absolute atomic E-state index is 10.8. The molecule has 0 aliphatic carbocycles. The van der Waals surface area contributed by atoms with Gasteiger partial charge >= 0.3 is 0 Å². The van der Waals surface area contributed by atoms with Crippen LogP contribution in [0.1, 0.15) is 32.4 Å². The molecule has 1 aromatic rings. The van der Waals surface area contributed by atoms with Crippen molar-refractivity contribution >= 4 is 17.5 Å². The van der Waals surface area contributed by atoms with Crippen molar-refractivity contribution in [1.29, 1.82) is 0 Å². The molecule has 1 amide bonds. The largest absolute Gasteiger partial charge is 0.369 e. The SMILES string of the molecule is CC.CC(C(N)=O)c1ncccc1Cl. The quantitative estimate of drug-likeness (QED) is 0.822. The minimum Gasteiger partial charge on any atom is -0.369 e. The lowest BCUT2D eigenvalue weighted by Gasteiger charge is -2.06. The molecule has 4 heteroatoms. The summed E-state index contributed by atoms with van der Waals surface area (Å²) in [4.78, 5) is 14.7. The molecule has 1 aromatic heterocycles. The Balaban J connectivity index is 0.000000791. The molecular formula is C10H15ClN2O. The summed E-state index contributed by atoms with van der Waals surface area (Å²) >= 11 is 5.79. The highest BCUT2D eigenvalue weighted by molar-refractivity contribution is 6.31. The average molecular weight is 215 g/mol. The van der Waals surface area contributed by atoms with Crippen molar-refractivity contribution in [3.63, 3.8) is 0 Å². The zero-order valence-electron chi connectivity index (χ0n) is 8.62. The first kappa shape index (κ1) is 12.9. The van der Waals surface area contributed by atoms with Gasteiger partial charge in [0.1, 0.15) is 0 Å². The summed E-state index contributed by atoms with van der Waals surface area (Å²) in [5, 5.41) is 0.476. The molecule has 2 N–H and O–H groups in total. The van der Waals surface area contributed by atoms with Crippen LogP contribution in [-0.4, -0.2) is 10.9 Å². The van der Waals surface area contributed by atoms with Crippen molar-refractivity contribution in [3.05, 3.63) is 29.0 Å². The van der Waals surface area contributed by atoms with E-state index in [9.17, 15) is 4.79 Å². The van der Waals surface area contributed by atoms with Crippen molar-refractivity contribution in [2.75, 3.05) is 0 Å². The highest BCUT2D eigenvalue weighted by Crippen LogP contribution is 2.20. The van der Waals surface area contributed by atoms with Crippen molar-refractivity contribution in [2.24, 2.45) is 5.73 Å². The Morgan fingerprint density at radius 1 is 1.57 bits per heavy atom. The number of nitrogens with zero attached hydrogens (tertiary/aromatic N) is 1. The van der Waals surface area contributed by atoms with Gasteiger partial charge in [-0.1, -0.05) is 25.4 Å². The third-order valence-electron chi connectivity index (χ3n) is 1.62. The second kappa shape index (κ2) is 6.38. The van der Waals surface area contributed by atoms with Crippen molar-refractivity contribution in [2.45, 2.75) is 26.7 Å². The lowest BCUT2D eigenvalue weighted by Crippen LogP contribution is -2.19. The van der Waals surface area contributed by atoms with Crippen molar-refractivity contribution < 1.29 is 4.79 Å². The first-order chi connectivity index (χ1) is 6.63. The van der Waals surface area contributed by atoms with Gasteiger partial charge in [-0.05, 0) is 19.1 Å². The van der Waals surface area contributed by atoms with Crippen LogP contribution in [0.15, 0.2) is 18.3 Å². The number of nitrogens with two attached hydrogens (primary N) is 1. The van der Waals surface area contributed by atoms with E-state index in [4.69, 9.17) is 17.3 Å². The van der Waals surface area contributed by atoms with Crippen molar-refractivity contribution in [3.8, 4) is 0 Å². The maximum Gasteiger partial charge on any atom is 0.226 e. The third kappa shape index (κ3) is 3.34. The smallest absolute Gasteiger partial charge is 0.226 e. The molecular weight excluding hydrogens is 200 g/mol. The summed E-state index contributed by atoms with van der Waals surface area (Å²) in [6.45, 7) is 5.68. The summed E-state index contributed by atoms with van der Waals surface area (Å²) in [5.74, 6) is -0.853. The second-order valence-electron chi connectivity index (χ2n) is 2.49. The van der Waals surface area contributed by atoms with E-state index in [2.05, 4.69) is 4.98 Å². The zero-order valence-corrected chi connectivity index (χ0v) is 9.38. The van der Waals surface area contributed by atoms with Crippen LogP contribution in [0.25, 0.3) is 0 Å². The highest BCUT2D eigenvalue weighted by atomic mass is 35.5. The lowest BCUT2D eigenvalue weighted by atomic mass is 10.1. The topological polar surface area (TPSA) is 56.0 Å². The van der Waals surface area contributed by atoms with Crippen LogP contribution in [0.2, 0.25) is 5.02 Å². The molecule has 1 unspecified atom stereocenters. The van der Waals surface area contributed by atoms with Gasteiger partial charge in [0.2, 0.25) is 5.91 Å². The molecule has 0 bridgehead atoms. The maximum atomic E-state index is 10.8. The van der Waals surface area contributed by atoms with Gasteiger partial charge in [-0.15, -0.1) is 0 Å². The predicted octanol–water partition coefficient (Wildman–Crippen LogP) is 2.35. The summed E-state index contributed by atoms with van der Waals surface area (Å²) in [5.41, 5.74) is 5.63. The Labute approximate surface area is 89.3 Å². The first-order valence-corrected chi connectivity index (χ1v) is 4.90. The van der Waals surface area contributed by atoms with Crippen LogP contribution < -0.4 is 5.73 Å². The monoisotopic (exact) mass is 214 g/mol. The normalized spacial score (nSPS) is 11.1. The molecule has 1 rings (SSSR count). The minimum atomic E-state index is -0.432. The molecule has 0 saturated heterocycles. The Morgan fingerprint density at radius 2 is 2.14 bits per heavy atom. The molecule has 0 spiro atoms. The highest BCUT2D eigenvalue weighted by Gasteiger charge is 2.15. The van der Waals surface area contributed by atoms with Crippen LogP contribution in [0, 0.1) is 0 Å². The van der Waals surface area contributed by atoms with E-state index >= 15 is 0 Å². The summed E-state index contributed by atoms with van der Waals surface area (Å²) in [7, 11) is 0. The molecule has 0 aliphatic rings. The van der Waals surface area contributed by atoms with Crippen LogP contribution in [0.5, 0.6) is 0 Å². The number of carbonyl (C=O) groups excluding carboxylic acids is 1. The standard InChI is InChI=1S/C8H9ClN2O.C2H6/c1-5(8(10)12)7-6(9)3-2-4-11-7;1-2/h2-5H,1H3,(H2,10,12);1-2H3. The summed E-state index contributed by atoms with van der Waals surface area (Å²) < 4.78 is 0. The molecule has 0 aromatic carbocycles. The number of primary amides is 1. The van der Waals surface area contributed by atoms with Crippen LogP contribution in [0.4, 0.5) is 0 Å². The number of amides is 1. The van der Waals surface area contributed by atoms with Gasteiger partial charge in [0.15, 0.2) is 0 Å². The van der Waals surface area contributed by atoms with Crippen molar-refractivity contribution in [1.82, 2.24) is 4.98 Å². The van der Waals surface area contributed by atoms with E-state index in [1.807, 2.05) is 13.8 Å². The molecule has 78 valence electrons. The summed E-state index contributed by atoms with van der Waals surface area (Å²) in [6, 6.07) is 3.39. The van der Waals surface area contributed by atoms with Crippen LogP contribution in [-0.2, 0) is 4.79 Å². The van der Waals surface area contributed by atoms with E-state index in [0.29, 0.717) is 10.7 Å². The van der Waals surface area contributed by atoms with Crippen LogP contribution >= 0.6 is 11.6 Å². The molecule has 1 heterocycles. The van der Waals surface area contributed by atoms with E-state index < -0.39 is 11.8 Å². The fourth-order valence-electron chi connectivity index (χ4n) is 0.851. The molecule has 0 saturated carbocycles. The number of aromatic nitrogens is 1. The third-order valence-corrected chi connectivity index (χ3v) is 1.94. The number of hydrogen-bond acceptors (Lipinski definition) is 2. The molecule has 0 aliphatic heterocycles. The minimum absolute atomic E-state index is 0.421. The van der Waals surface area contributed by atoms with Gasteiger partial charge in [-0.3, -0.25) is 9.78 Å². The number of halogens is 1. The number of hydrogen-bond donors (Lipinski definition) is 1. The van der Waals surface area contributed by atoms with E-state index in [0.717, 1.165) is 0 Å². The van der Waals surface area contributed by atoms with Gasteiger partial charge in [-0.2, -0.15) is 0 Å². The molecule has 0 fully saturated rings. The molecule has 3 nitrogen and oxygen atoms in total. The lowest BCUT2D eigenvalue weighted by molar-refractivity contribution is -0.119. The fourth-order valence-corrected chi connectivity index (χ4v) is 1.14. The van der Waals surface area contributed by atoms with Gasteiger partial charge in [-0.25, -0.2) is 0 Å². The zero-order chi connectivity index (χ0) is 11.1. The number of carbonyl (C=O) groups is 1. The Hall–Kier alpha value is -1.09. The van der Waals surface area contributed by atoms with E-state index in [1.165, 1.54) is 0 Å². The number of pyridine rings is 1. The second-order valence-corrected chi connectivity index (χ2v) is 2.90. The fraction of sp³-hybridized carbons (Fsp3) is 0.400. The van der Waals surface area contributed by atoms with E-state index in [-0.39, 0.29) is 0 Å². The van der Waals surface area contributed by atoms with Gasteiger partial charge in [0, 0.05) is 6.20 Å². The summed E-state index contributed by atoms with van der Waals surface area (Å²) in [6.07, 6.45) is 1.58. The van der Waals surface area contributed by atoms with Gasteiger partial charge in [0.25, 0.3) is 0 Å². The van der Waals surface area contributed by atoms with Gasteiger partial charge in [0.05, 0.1) is 16.6 Å². The predicted molar refractivity (Wildman–Crippen MR) is 58.2 cm³/mol. The Morgan fingerprint density at radius 3 is 2.57 bits per heavy atom. The Kier molecular flexibility index (Phi) is 5.88. The van der Waals surface area contributed by atoms with E-state index in [1.54, 1.807) is 25.3 Å².